The number of imide groups is 2. The molecular weight excluding hydrogens is 684 g/mol. The van der Waals surface area contributed by atoms with Gasteiger partial charge in [-0.15, -0.1) is 0 Å². The molecule has 7 rings (SSSR count). The lowest BCUT2D eigenvalue weighted by molar-refractivity contribution is -0.696. The van der Waals surface area contributed by atoms with Crippen LogP contribution in [-0.2, 0) is 13.1 Å². The number of carbonyl (C=O) groups excluding carboxylic acids is 4. The minimum atomic E-state index is -0.283. The molecule has 12 nitrogen and oxygen atoms in total. The molecule has 2 aliphatic rings. The molecule has 0 aliphatic carbocycles. The van der Waals surface area contributed by atoms with Gasteiger partial charge in [0.2, 0.25) is 6.33 Å². The second-order valence-corrected chi connectivity index (χ2v) is 13.7. The van der Waals surface area contributed by atoms with Gasteiger partial charge in [-0.25, -0.2) is 9.13 Å². The van der Waals surface area contributed by atoms with Gasteiger partial charge in [-0.1, -0.05) is 38.1 Å². The second kappa shape index (κ2) is 16.6. The summed E-state index contributed by atoms with van der Waals surface area (Å²) in [5, 5.41) is 25.6. The van der Waals surface area contributed by atoms with Crippen LogP contribution in [0.4, 0.5) is 11.4 Å². The molecule has 0 saturated heterocycles. The number of benzene rings is 4. The number of aliphatic hydroxyl groups is 2. The number of anilines is 2. The summed E-state index contributed by atoms with van der Waals surface area (Å²) in [7, 11) is 1.52. The van der Waals surface area contributed by atoms with Crippen LogP contribution in [-0.4, -0.2) is 94.6 Å². The number of carbonyl (C=O) groups is 4. The largest absolute Gasteiger partial charge is 0.395 e. The number of hydrogen-bond acceptors (Lipinski definition) is 8. The van der Waals surface area contributed by atoms with E-state index in [2.05, 4.69) is 33.2 Å². The van der Waals surface area contributed by atoms with Gasteiger partial charge < -0.3 is 20.4 Å². The van der Waals surface area contributed by atoms with Gasteiger partial charge in [0, 0.05) is 94.8 Å². The molecule has 1 aromatic heterocycles. The highest BCUT2D eigenvalue weighted by atomic mass is 16.3. The van der Waals surface area contributed by atoms with Crippen molar-refractivity contribution in [3.8, 4) is 0 Å². The third kappa shape index (κ3) is 7.19. The first kappa shape index (κ1) is 38.1. The molecule has 5 aromatic rings. The molecule has 54 heavy (non-hydrogen) atoms. The Morgan fingerprint density at radius 2 is 1.28 bits per heavy atom. The first-order chi connectivity index (χ1) is 25.8. The van der Waals surface area contributed by atoms with E-state index in [0.29, 0.717) is 52.7 Å². The normalized spacial score (nSPS) is 13.6. The highest BCUT2D eigenvalue weighted by molar-refractivity contribution is 6.27. The van der Waals surface area contributed by atoms with E-state index in [1.54, 1.807) is 24.3 Å². The zero-order valence-electron chi connectivity index (χ0n) is 30.0. The summed E-state index contributed by atoms with van der Waals surface area (Å²) in [5.41, 5.74) is 3.80. The number of rotatable bonds is 17. The molecule has 0 fully saturated rings. The zero-order valence-corrected chi connectivity index (χ0v) is 30.0. The molecular formula is C42H49N6O6+. The first-order valence-electron chi connectivity index (χ1n) is 18.4. The van der Waals surface area contributed by atoms with E-state index < -0.39 is 0 Å². The molecule has 0 spiro atoms. The molecule has 0 saturated carbocycles. The van der Waals surface area contributed by atoms with E-state index in [1.165, 1.54) is 16.8 Å². The number of unbranched alkanes of at least 4 members (excludes halogenated alkanes) is 3. The van der Waals surface area contributed by atoms with Crippen LogP contribution >= 0.6 is 0 Å². The fourth-order valence-electron chi connectivity index (χ4n) is 7.68. The van der Waals surface area contributed by atoms with Crippen LogP contribution in [0.2, 0.25) is 0 Å². The molecule has 12 heteroatoms. The van der Waals surface area contributed by atoms with Gasteiger partial charge >= 0.3 is 0 Å². The highest BCUT2D eigenvalue weighted by Crippen LogP contribution is 2.37. The minimum absolute atomic E-state index is 0. The lowest BCUT2D eigenvalue weighted by Gasteiger charge is -2.30. The molecule has 0 unspecified atom stereocenters. The van der Waals surface area contributed by atoms with Crippen molar-refractivity contribution in [3.05, 3.63) is 102 Å². The maximum absolute atomic E-state index is 13.5. The highest BCUT2D eigenvalue weighted by Gasteiger charge is 2.34. The minimum Gasteiger partial charge on any atom is -0.395 e. The molecule has 0 radical (unpaired) electrons. The van der Waals surface area contributed by atoms with Crippen LogP contribution in [0.1, 0.15) is 81.0 Å². The first-order valence-corrected chi connectivity index (χ1v) is 18.4. The molecule has 4 aromatic carbocycles. The van der Waals surface area contributed by atoms with E-state index in [4.69, 9.17) is 0 Å². The Hall–Kier alpha value is -5.59. The number of amides is 4. The molecule has 0 bridgehead atoms. The van der Waals surface area contributed by atoms with Crippen LogP contribution in [0.5, 0.6) is 0 Å². The van der Waals surface area contributed by atoms with Gasteiger partial charge in [0.15, 0.2) is 0 Å². The number of aryl methyl sites for hydroxylation is 2. The van der Waals surface area contributed by atoms with Crippen LogP contribution in [0.3, 0.4) is 0 Å². The fraction of sp³-hybridized carbons (Fsp3) is 0.357. The molecule has 3 N–H and O–H groups in total. The van der Waals surface area contributed by atoms with E-state index in [0.717, 1.165) is 73.9 Å². The van der Waals surface area contributed by atoms with E-state index >= 15 is 0 Å². The van der Waals surface area contributed by atoms with Gasteiger partial charge in [-0.05, 0) is 55.7 Å². The Morgan fingerprint density at radius 3 is 1.98 bits per heavy atom. The van der Waals surface area contributed by atoms with Gasteiger partial charge in [-0.2, -0.15) is 0 Å². The summed E-state index contributed by atoms with van der Waals surface area (Å²) in [6.45, 7) is 3.32. The Balaban J connectivity index is 0.00000497. The Morgan fingerprint density at radius 1 is 0.685 bits per heavy atom. The van der Waals surface area contributed by atoms with E-state index in [-0.39, 0.29) is 44.3 Å². The van der Waals surface area contributed by atoms with Crippen LogP contribution < -0.4 is 14.8 Å². The van der Waals surface area contributed by atoms with Gasteiger partial charge in [-0.3, -0.25) is 29.0 Å². The number of nitrogens with one attached hydrogen (secondary N) is 1. The van der Waals surface area contributed by atoms with Crippen molar-refractivity contribution in [2.75, 3.05) is 56.7 Å². The van der Waals surface area contributed by atoms with Crippen LogP contribution in [0.15, 0.2) is 79.4 Å². The predicted octanol–water partition coefficient (Wildman–Crippen LogP) is 5.09. The summed E-state index contributed by atoms with van der Waals surface area (Å²) in [5.74, 6) is -1.12. The van der Waals surface area contributed by atoms with E-state index in [9.17, 15) is 29.4 Å². The van der Waals surface area contributed by atoms with E-state index in [1.807, 2.05) is 41.3 Å². The quantitative estimate of drug-likeness (QED) is 0.0683. The van der Waals surface area contributed by atoms with Crippen molar-refractivity contribution >= 4 is 56.5 Å². The summed E-state index contributed by atoms with van der Waals surface area (Å²) >= 11 is 0. The Kier molecular flexibility index (Phi) is 11.7. The van der Waals surface area contributed by atoms with Gasteiger partial charge in [0.05, 0.1) is 26.3 Å². The van der Waals surface area contributed by atoms with Crippen molar-refractivity contribution in [1.29, 1.82) is 0 Å². The summed E-state index contributed by atoms with van der Waals surface area (Å²) in [6.07, 6.45) is 10.7. The summed E-state index contributed by atoms with van der Waals surface area (Å²) in [6, 6.07) is 18.4. The van der Waals surface area contributed by atoms with Crippen molar-refractivity contribution in [3.63, 3.8) is 0 Å². The maximum Gasteiger partial charge on any atom is 0.261 e. The third-order valence-electron chi connectivity index (χ3n) is 10.4. The van der Waals surface area contributed by atoms with Gasteiger partial charge in [0.1, 0.15) is 12.4 Å². The van der Waals surface area contributed by atoms with Crippen molar-refractivity contribution in [2.45, 2.75) is 52.6 Å². The number of imidazole rings is 1. The number of hydrogen-bond donors (Lipinski definition) is 3. The second-order valence-electron chi connectivity index (χ2n) is 13.7. The summed E-state index contributed by atoms with van der Waals surface area (Å²) < 4.78 is 4.34. The van der Waals surface area contributed by atoms with Crippen LogP contribution in [0.25, 0.3) is 21.5 Å². The molecule has 0 atom stereocenters. The molecule has 282 valence electrons. The van der Waals surface area contributed by atoms with Gasteiger partial charge in [0.25, 0.3) is 23.6 Å². The molecule has 4 amide bonds. The van der Waals surface area contributed by atoms with Crippen LogP contribution in [0, 0.1) is 0 Å². The monoisotopic (exact) mass is 733 g/mol. The average Bonchev–Trinajstić information content (AvgIpc) is 3.63. The van der Waals surface area contributed by atoms with Crippen molar-refractivity contribution in [1.82, 2.24) is 14.4 Å². The molecule has 3 heterocycles. The lowest BCUT2D eigenvalue weighted by Crippen LogP contribution is -2.41. The Bertz CT molecular complexity index is 2160. The SMILES string of the molecule is C.CN1C(=O)c2cccc3c(NCCC[n+]4ccn(CCCCCCN5C(=O)c6cccc7c(N(CCO)CCO)ccc(c67)C5=O)c4)ccc(c23)C1=O. The maximum atomic E-state index is 13.5. The predicted molar refractivity (Wildman–Crippen MR) is 209 cm³/mol. The zero-order chi connectivity index (χ0) is 37.1. The van der Waals surface area contributed by atoms with Crippen molar-refractivity contribution in [2.24, 2.45) is 0 Å². The topological polar surface area (TPSA) is 139 Å². The standard InChI is InChI=1S/C41H44N6O6.CH4/c1-43-38(50)30-11-6-9-28-34(15-13-32(36(28)30)39(43)51)42-17-8-19-45-22-21-44(27-45)18-4-2-3-5-20-47-40(52)31-12-7-10-29-35(46(23-25-48)24-26-49)16-14-33(37(29)31)41(47)53;/h6-7,9-16,21-22,27,48-49H,2-5,8,17-20,23-26H2,1H3;1H4/p+1. The third-order valence-corrected chi connectivity index (χ3v) is 10.4. The lowest BCUT2D eigenvalue weighted by atomic mass is 9.92. The fourth-order valence-corrected chi connectivity index (χ4v) is 7.68. The Labute approximate surface area is 315 Å². The molecule has 2 aliphatic heterocycles. The smallest absolute Gasteiger partial charge is 0.261 e. The number of aliphatic hydroxyl groups excluding tert-OH is 2. The van der Waals surface area contributed by atoms with Crippen molar-refractivity contribution < 1.29 is 34.0 Å². The number of aromatic nitrogens is 2. The average molecular weight is 734 g/mol. The summed E-state index contributed by atoms with van der Waals surface area (Å²) in [4.78, 5) is 56.8. The number of nitrogens with zero attached hydrogens (tertiary/aromatic N) is 5.